The summed E-state index contributed by atoms with van der Waals surface area (Å²) in [6.07, 6.45) is 0. The molecule has 0 aromatic heterocycles. The van der Waals surface area contributed by atoms with Crippen LogP contribution in [0.4, 0.5) is 11.4 Å². The minimum atomic E-state index is -0.401. The van der Waals surface area contributed by atoms with Gasteiger partial charge in [0.1, 0.15) is 6.54 Å². The Labute approximate surface area is 155 Å². The van der Waals surface area contributed by atoms with Crippen molar-refractivity contribution in [3.63, 3.8) is 0 Å². The third kappa shape index (κ3) is 5.05. The lowest BCUT2D eigenvalue weighted by atomic mass is 10.1. The molecule has 0 saturated carbocycles. The Morgan fingerprint density at radius 3 is 2.20 bits per heavy atom. The number of benzene rings is 2. The van der Waals surface area contributed by atoms with Crippen molar-refractivity contribution in [3.05, 3.63) is 58.1 Å². The van der Waals surface area contributed by atoms with Crippen LogP contribution in [0, 0.1) is 0 Å². The lowest BCUT2D eigenvalue weighted by Gasteiger charge is -2.22. The van der Waals surface area contributed by atoms with Crippen LogP contribution in [-0.2, 0) is 9.59 Å². The first-order valence-electron chi connectivity index (χ1n) is 7.42. The highest BCUT2D eigenvalue weighted by atomic mass is 35.5. The van der Waals surface area contributed by atoms with E-state index in [4.69, 9.17) is 23.2 Å². The van der Waals surface area contributed by atoms with Gasteiger partial charge in [0.15, 0.2) is 5.78 Å². The topological polar surface area (TPSA) is 66.5 Å². The molecular formula is C18H16Cl2N2O3. The third-order valence-corrected chi connectivity index (χ3v) is 4.01. The second-order valence-electron chi connectivity index (χ2n) is 5.38. The van der Waals surface area contributed by atoms with Crippen LogP contribution in [0.2, 0.25) is 10.0 Å². The molecule has 130 valence electrons. The molecule has 1 N–H and O–H groups in total. The van der Waals surface area contributed by atoms with Crippen molar-refractivity contribution in [2.75, 3.05) is 16.8 Å². The van der Waals surface area contributed by atoms with Crippen LogP contribution in [-0.4, -0.2) is 24.1 Å². The average Bonchev–Trinajstić information content (AvgIpc) is 2.55. The monoisotopic (exact) mass is 378 g/mol. The maximum atomic E-state index is 12.3. The largest absolute Gasteiger partial charge is 0.325 e. The molecule has 25 heavy (non-hydrogen) atoms. The molecule has 0 atom stereocenters. The Hall–Kier alpha value is -2.37. The van der Waals surface area contributed by atoms with Crippen LogP contribution >= 0.6 is 23.2 Å². The highest BCUT2D eigenvalue weighted by molar-refractivity contribution is 6.35. The maximum absolute atomic E-state index is 12.3. The number of carbonyl (C=O) groups excluding carboxylic acids is 3. The van der Waals surface area contributed by atoms with E-state index in [-0.39, 0.29) is 18.2 Å². The molecule has 0 saturated heterocycles. The summed E-state index contributed by atoms with van der Waals surface area (Å²) in [6, 6.07) is 11.2. The van der Waals surface area contributed by atoms with Crippen molar-refractivity contribution in [2.45, 2.75) is 13.8 Å². The summed E-state index contributed by atoms with van der Waals surface area (Å²) in [4.78, 5) is 36.7. The van der Waals surface area contributed by atoms with Gasteiger partial charge in [0.25, 0.3) is 0 Å². The molecule has 0 radical (unpaired) electrons. The highest BCUT2D eigenvalue weighted by Crippen LogP contribution is 2.29. The lowest BCUT2D eigenvalue weighted by Crippen LogP contribution is -2.36. The van der Waals surface area contributed by atoms with Crippen molar-refractivity contribution in [3.8, 4) is 0 Å². The van der Waals surface area contributed by atoms with Crippen LogP contribution in [0.15, 0.2) is 42.5 Å². The second-order valence-corrected chi connectivity index (χ2v) is 6.23. The zero-order valence-corrected chi connectivity index (χ0v) is 15.2. The first-order chi connectivity index (χ1) is 11.8. The number of nitrogens with one attached hydrogen (secondary N) is 1. The van der Waals surface area contributed by atoms with E-state index in [9.17, 15) is 14.4 Å². The fourth-order valence-electron chi connectivity index (χ4n) is 2.19. The minimum Gasteiger partial charge on any atom is -0.325 e. The van der Waals surface area contributed by atoms with Gasteiger partial charge in [0.05, 0.1) is 10.7 Å². The molecule has 0 bridgehead atoms. The van der Waals surface area contributed by atoms with E-state index in [1.165, 1.54) is 24.8 Å². The summed E-state index contributed by atoms with van der Waals surface area (Å²) >= 11 is 12.1. The van der Waals surface area contributed by atoms with Crippen LogP contribution in [0.3, 0.4) is 0 Å². The molecule has 0 aliphatic carbocycles. The van der Waals surface area contributed by atoms with E-state index >= 15 is 0 Å². The lowest BCUT2D eigenvalue weighted by molar-refractivity contribution is -0.120. The molecular weight excluding hydrogens is 363 g/mol. The summed E-state index contributed by atoms with van der Waals surface area (Å²) in [5, 5.41) is 3.40. The van der Waals surface area contributed by atoms with Crippen LogP contribution in [0.25, 0.3) is 0 Å². The summed E-state index contributed by atoms with van der Waals surface area (Å²) in [6.45, 7) is 2.59. The fraction of sp³-hybridized carbons (Fsp3) is 0.167. The minimum absolute atomic E-state index is 0.0590. The summed E-state index contributed by atoms with van der Waals surface area (Å²) < 4.78 is 0. The highest BCUT2D eigenvalue weighted by Gasteiger charge is 2.19. The van der Waals surface area contributed by atoms with E-state index in [1.54, 1.807) is 36.4 Å². The first-order valence-corrected chi connectivity index (χ1v) is 8.17. The number of hydrogen-bond donors (Lipinski definition) is 1. The van der Waals surface area contributed by atoms with Gasteiger partial charge in [0, 0.05) is 23.2 Å². The standard InChI is InChI=1S/C18H16Cl2N2O3/c1-11(23)13-3-6-15(7-4-13)21-18(25)10-22(12(2)24)17-9-14(19)5-8-16(17)20/h3-9H,10H2,1-2H3,(H,21,25). The molecule has 0 aliphatic rings. The number of anilines is 2. The Balaban J connectivity index is 2.14. The zero-order chi connectivity index (χ0) is 18.6. The zero-order valence-electron chi connectivity index (χ0n) is 13.7. The van der Waals surface area contributed by atoms with Crippen LogP contribution < -0.4 is 10.2 Å². The van der Waals surface area contributed by atoms with Gasteiger partial charge in [-0.3, -0.25) is 14.4 Å². The Morgan fingerprint density at radius 2 is 1.64 bits per heavy atom. The van der Waals surface area contributed by atoms with Gasteiger partial charge in [-0.1, -0.05) is 23.2 Å². The molecule has 0 fully saturated rings. The number of halogens is 2. The number of hydrogen-bond acceptors (Lipinski definition) is 3. The predicted molar refractivity (Wildman–Crippen MR) is 99.6 cm³/mol. The molecule has 0 spiro atoms. The van der Waals surface area contributed by atoms with E-state index in [0.29, 0.717) is 27.0 Å². The molecule has 2 rings (SSSR count). The number of rotatable bonds is 5. The molecule has 2 aromatic rings. The SMILES string of the molecule is CC(=O)c1ccc(NC(=O)CN(C(C)=O)c2cc(Cl)ccc2Cl)cc1. The van der Waals surface area contributed by atoms with Crippen molar-refractivity contribution in [1.29, 1.82) is 0 Å². The molecule has 0 heterocycles. The molecule has 0 unspecified atom stereocenters. The number of amides is 2. The third-order valence-electron chi connectivity index (χ3n) is 3.46. The molecule has 7 heteroatoms. The van der Waals surface area contributed by atoms with Gasteiger partial charge >= 0.3 is 0 Å². The van der Waals surface area contributed by atoms with E-state index in [1.807, 2.05) is 0 Å². The van der Waals surface area contributed by atoms with Crippen LogP contribution in [0.5, 0.6) is 0 Å². The molecule has 2 aromatic carbocycles. The molecule has 5 nitrogen and oxygen atoms in total. The normalized spacial score (nSPS) is 10.2. The van der Waals surface area contributed by atoms with Gasteiger partial charge < -0.3 is 10.2 Å². The average molecular weight is 379 g/mol. The summed E-state index contributed by atoms with van der Waals surface area (Å²) in [5.74, 6) is -0.802. The first kappa shape index (κ1) is 19.0. The van der Waals surface area contributed by atoms with Crippen molar-refractivity contribution < 1.29 is 14.4 Å². The Kier molecular flexibility index (Phi) is 6.17. The summed E-state index contributed by atoms with van der Waals surface area (Å²) in [5.41, 5.74) is 1.44. The Morgan fingerprint density at radius 1 is 1.00 bits per heavy atom. The van der Waals surface area contributed by atoms with Gasteiger partial charge in [-0.25, -0.2) is 0 Å². The Bertz CT molecular complexity index is 820. The van der Waals surface area contributed by atoms with E-state index in [2.05, 4.69) is 5.32 Å². The van der Waals surface area contributed by atoms with Crippen molar-refractivity contribution in [2.24, 2.45) is 0 Å². The van der Waals surface area contributed by atoms with E-state index < -0.39 is 5.91 Å². The smallest absolute Gasteiger partial charge is 0.244 e. The van der Waals surface area contributed by atoms with E-state index in [0.717, 1.165) is 0 Å². The van der Waals surface area contributed by atoms with Crippen molar-refractivity contribution in [1.82, 2.24) is 0 Å². The molecule has 2 amide bonds. The van der Waals surface area contributed by atoms with Crippen molar-refractivity contribution >= 4 is 52.2 Å². The van der Waals surface area contributed by atoms with Gasteiger partial charge in [0.2, 0.25) is 11.8 Å². The van der Waals surface area contributed by atoms with Gasteiger partial charge in [-0.2, -0.15) is 0 Å². The maximum Gasteiger partial charge on any atom is 0.244 e. The quantitative estimate of drug-likeness (QED) is 0.793. The van der Waals surface area contributed by atoms with Gasteiger partial charge in [-0.15, -0.1) is 0 Å². The number of carbonyl (C=O) groups is 3. The number of Topliss-reactive ketones (excluding diaryl/α,β-unsaturated/α-hetero) is 1. The number of nitrogens with zero attached hydrogens (tertiary/aromatic N) is 1. The van der Waals surface area contributed by atoms with Crippen LogP contribution in [0.1, 0.15) is 24.2 Å². The number of ketones is 1. The summed E-state index contributed by atoms with van der Waals surface area (Å²) in [7, 11) is 0. The van der Waals surface area contributed by atoms with Gasteiger partial charge in [-0.05, 0) is 49.4 Å². The fourth-order valence-corrected chi connectivity index (χ4v) is 2.58. The second kappa shape index (κ2) is 8.14. The predicted octanol–water partition coefficient (Wildman–Crippen LogP) is 4.19. The molecule has 0 aliphatic heterocycles.